The van der Waals surface area contributed by atoms with Gasteiger partial charge in [0, 0.05) is 5.41 Å². The number of benzene rings is 1. The van der Waals surface area contributed by atoms with E-state index in [1.807, 2.05) is 51.1 Å². The van der Waals surface area contributed by atoms with Crippen LogP contribution in [0.25, 0.3) is 0 Å². The highest BCUT2D eigenvalue weighted by atomic mass is 16.5. The fraction of sp³-hybridized carbons (Fsp3) is 0.294. The van der Waals surface area contributed by atoms with Crippen molar-refractivity contribution in [2.45, 2.75) is 26.7 Å². The summed E-state index contributed by atoms with van der Waals surface area (Å²) in [6.45, 7) is 5.85. The van der Waals surface area contributed by atoms with Gasteiger partial charge in [-0.2, -0.15) is 10.5 Å². The van der Waals surface area contributed by atoms with E-state index in [-0.39, 0.29) is 16.9 Å². The largest absolute Gasteiger partial charge is 0.443 e. The molecule has 1 aromatic rings. The van der Waals surface area contributed by atoms with Crippen molar-refractivity contribution < 1.29 is 4.74 Å². The summed E-state index contributed by atoms with van der Waals surface area (Å²) in [4.78, 5) is 0. The number of allylic oxidation sites excluding steroid dienone is 3. The van der Waals surface area contributed by atoms with Crippen LogP contribution in [0.3, 0.4) is 0 Å². The van der Waals surface area contributed by atoms with Gasteiger partial charge < -0.3 is 10.5 Å². The van der Waals surface area contributed by atoms with E-state index >= 15 is 0 Å². The summed E-state index contributed by atoms with van der Waals surface area (Å²) in [5.74, 6) is 0.134. The van der Waals surface area contributed by atoms with E-state index in [2.05, 4.69) is 12.1 Å². The number of nitrogens with zero attached hydrogens (tertiary/aromatic N) is 2. The zero-order valence-electron chi connectivity index (χ0n) is 12.3. The lowest BCUT2D eigenvalue weighted by Gasteiger charge is -2.32. The van der Waals surface area contributed by atoms with Crippen LogP contribution in [0.4, 0.5) is 0 Å². The van der Waals surface area contributed by atoms with E-state index in [9.17, 15) is 10.5 Å². The first kappa shape index (κ1) is 14.7. The fourth-order valence-corrected chi connectivity index (χ4v) is 2.41. The van der Waals surface area contributed by atoms with Crippen LogP contribution in [0.1, 0.15) is 32.3 Å². The molecule has 1 unspecified atom stereocenters. The molecule has 0 aromatic heterocycles. The van der Waals surface area contributed by atoms with Gasteiger partial charge in [0.2, 0.25) is 5.88 Å². The van der Waals surface area contributed by atoms with Crippen LogP contribution in [0.5, 0.6) is 0 Å². The van der Waals surface area contributed by atoms with Gasteiger partial charge in [0.1, 0.15) is 17.4 Å². The molecule has 2 rings (SSSR count). The van der Waals surface area contributed by atoms with E-state index in [4.69, 9.17) is 10.5 Å². The van der Waals surface area contributed by atoms with E-state index in [1.54, 1.807) is 0 Å². The Morgan fingerprint density at radius 1 is 1.05 bits per heavy atom. The van der Waals surface area contributed by atoms with Crippen LogP contribution in [0, 0.1) is 28.1 Å². The van der Waals surface area contributed by atoms with Gasteiger partial charge >= 0.3 is 0 Å². The minimum absolute atomic E-state index is 0.0790. The minimum Gasteiger partial charge on any atom is -0.443 e. The van der Waals surface area contributed by atoms with E-state index in [0.29, 0.717) is 11.3 Å². The molecule has 0 fully saturated rings. The number of rotatable bonds is 1. The van der Waals surface area contributed by atoms with Gasteiger partial charge in [-0.1, -0.05) is 51.1 Å². The summed E-state index contributed by atoms with van der Waals surface area (Å²) < 4.78 is 5.60. The van der Waals surface area contributed by atoms with Crippen molar-refractivity contribution in [2.75, 3.05) is 0 Å². The molecule has 0 saturated carbocycles. The maximum Gasteiger partial charge on any atom is 0.205 e. The van der Waals surface area contributed by atoms with Crippen molar-refractivity contribution >= 4 is 0 Å². The Kier molecular flexibility index (Phi) is 3.74. The van der Waals surface area contributed by atoms with Gasteiger partial charge in [-0.25, -0.2) is 0 Å². The Morgan fingerprint density at radius 3 is 2.10 bits per heavy atom. The van der Waals surface area contributed by atoms with Gasteiger partial charge in [-0.3, -0.25) is 0 Å². The first-order chi connectivity index (χ1) is 9.90. The van der Waals surface area contributed by atoms with Crippen molar-refractivity contribution in [3.8, 4) is 12.1 Å². The molecule has 0 aliphatic carbocycles. The van der Waals surface area contributed by atoms with Crippen molar-refractivity contribution in [2.24, 2.45) is 11.1 Å². The molecule has 1 heterocycles. The van der Waals surface area contributed by atoms with Crippen molar-refractivity contribution in [1.82, 2.24) is 0 Å². The monoisotopic (exact) mass is 279 g/mol. The third-order valence-corrected chi connectivity index (χ3v) is 3.35. The van der Waals surface area contributed by atoms with Gasteiger partial charge in [-0.15, -0.1) is 0 Å². The normalized spacial score (nSPS) is 18.8. The van der Waals surface area contributed by atoms with Crippen molar-refractivity contribution in [3.63, 3.8) is 0 Å². The highest BCUT2D eigenvalue weighted by Crippen LogP contribution is 2.43. The smallest absolute Gasteiger partial charge is 0.205 e. The average Bonchev–Trinajstić information content (AvgIpc) is 2.46. The first-order valence-corrected chi connectivity index (χ1v) is 6.67. The standard InChI is InChI=1S/C17H17N3O/c1-17(2,3)15-12(9-18)14(11-7-5-4-6-8-11)13(10-19)16(20)21-15/h4-8,14H,20H2,1-3H3. The third kappa shape index (κ3) is 2.61. The molecule has 1 aromatic carbocycles. The van der Waals surface area contributed by atoms with Gasteiger partial charge in [0.25, 0.3) is 0 Å². The van der Waals surface area contributed by atoms with Crippen molar-refractivity contribution in [1.29, 1.82) is 10.5 Å². The molecule has 1 atom stereocenters. The lowest BCUT2D eigenvalue weighted by molar-refractivity contribution is 0.199. The number of nitrogens with two attached hydrogens (primary N) is 1. The lowest BCUT2D eigenvalue weighted by atomic mass is 9.79. The summed E-state index contributed by atoms with van der Waals surface area (Å²) >= 11 is 0. The Bertz CT molecular complexity index is 694. The summed E-state index contributed by atoms with van der Waals surface area (Å²) in [7, 11) is 0. The van der Waals surface area contributed by atoms with Crippen LogP contribution in [0.2, 0.25) is 0 Å². The molecule has 1 aliphatic heterocycles. The molecule has 106 valence electrons. The molecule has 1 aliphatic rings. The zero-order chi connectivity index (χ0) is 15.6. The highest BCUT2D eigenvalue weighted by Gasteiger charge is 2.37. The maximum atomic E-state index is 9.60. The van der Waals surface area contributed by atoms with Crippen LogP contribution < -0.4 is 5.73 Å². The SMILES string of the molecule is CC(C)(C)C1=C(C#N)C(c2ccccc2)C(C#N)=C(N)O1. The molecule has 2 N–H and O–H groups in total. The van der Waals surface area contributed by atoms with E-state index in [0.717, 1.165) is 5.56 Å². The van der Waals surface area contributed by atoms with Gasteiger partial charge in [0.15, 0.2) is 0 Å². The Hall–Kier alpha value is -2.72. The number of nitriles is 2. The van der Waals surface area contributed by atoms with Crippen LogP contribution >= 0.6 is 0 Å². The first-order valence-electron chi connectivity index (χ1n) is 6.67. The third-order valence-electron chi connectivity index (χ3n) is 3.35. The molecule has 21 heavy (non-hydrogen) atoms. The molecule has 0 amide bonds. The van der Waals surface area contributed by atoms with Crippen LogP contribution in [-0.2, 0) is 4.74 Å². The second-order valence-electron chi connectivity index (χ2n) is 5.94. The topological polar surface area (TPSA) is 82.8 Å². The summed E-state index contributed by atoms with van der Waals surface area (Å²) in [6.07, 6.45) is 0. The summed E-state index contributed by atoms with van der Waals surface area (Å²) in [5.41, 5.74) is 7.13. The molecule has 0 saturated heterocycles. The Morgan fingerprint density at radius 2 is 1.62 bits per heavy atom. The van der Waals surface area contributed by atoms with Gasteiger partial charge in [-0.05, 0) is 5.56 Å². The average molecular weight is 279 g/mol. The molecule has 4 nitrogen and oxygen atoms in total. The Labute approximate surface area is 124 Å². The maximum absolute atomic E-state index is 9.60. The second kappa shape index (κ2) is 5.34. The fourth-order valence-electron chi connectivity index (χ4n) is 2.41. The van der Waals surface area contributed by atoms with Gasteiger partial charge in [0.05, 0.1) is 17.6 Å². The molecule has 0 radical (unpaired) electrons. The quantitative estimate of drug-likeness (QED) is 0.854. The zero-order valence-corrected chi connectivity index (χ0v) is 12.3. The van der Waals surface area contributed by atoms with Crippen LogP contribution in [0.15, 0.2) is 53.1 Å². The van der Waals surface area contributed by atoms with Crippen molar-refractivity contribution in [3.05, 3.63) is 58.7 Å². The van der Waals surface area contributed by atoms with Crippen LogP contribution in [-0.4, -0.2) is 0 Å². The summed E-state index contributed by atoms with van der Waals surface area (Å²) in [5, 5.41) is 19.0. The second-order valence-corrected chi connectivity index (χ2v) is 5.94. The predicted octanol–water partition coefficient (Wildman–Crippen LogP) is 3.32. The van der Waals surface area contributed by atoms with E-state index in [1.165, 1.54) is 0 Å². The molecule has 0 spiro atoms. The molecular weight excluding hydrogens is 262 g/mol. The highest BCUT2D eigenvalue weighted by molar-refractivity contribution is 5.53. The predicted molar refractivity (Wildman–Crippen MR) is 79.2 cm³/mol. The molecule has 0 bridgehead atoms. The van der Waals surface area contributed by atoms with E-state index < -0.39 is 5.92 Å². The minimum atomic E-state index is -0.468. The Balaban J connectivity index is 2.71. The number of hydrogen-bond acceptors (Lipinski definition) is 4. The number of ether oxygens (including phenoxy) is 1. The molecular formula is C17H17N3O. The lowest BCUT2D eigenvalue weighted by Crippen LogP contribution is -2.26. The molecule has 4 heteroatoms. The number of hydrogen-bond donors (Lipinski definition) is 1. The summed E-state index contributed by atoms with van der Waals surface area (Å²) in [6, 6.07) is 13.7.